The third-order valence-electron chi connectivity index (χ3n) is 1.56. The van der Waals surface area contributed by atoms with E-state index in [0.717, 1.165) is 11.8 Å². The minimum atomic E-state index is 0.378. The van der Waals surface area contributed by atoms with Gasteiger partial charge in [0, 0.05) is 12.0 Å². The van der Waals surface area contributed by atoms with E-state index in [9.17, 15) is 4.79 Å². The molecule has 2 nitrogen and oxygen atoms in total. The molecule has 0 aliphatic rings. The van der Waals surface area contributed by atoms with E-state index in [4.69, 9.17) is 4.74 Å². The van der Waals surface area contributed by atoms with Crippen LogP contribution in [0.2, 0.25) is 0 Å². The van der Waals surface area contributed by atoms with Gasteiger partial charge in [-0.15, -0.1) is 0 Å². The molecule has 0 aromatic heterocycles. The average Bonchev–Trinajstić information content (AvgIpc) is 2.25. The molecule has 2 heteroatoms. The molecule has 0 spiro atoms. The second-order valence-corrected chi connectivity index (χ2v) is 2.68. The molecular weight excluding hydrogens is 176 g/mol. The number of ether oxygens (including phenoxy) is 1. The highest BCUT2D eigenvalue weighted by atomic mass is 16.5. The first kappa shape index (κ1) is 10.5. The Morgan fingerprint density at radius 3 is 2.79 bits per heavy atom. The Kier molecular flexibility index (Phi) is 5.15. The predicted molar refractivity (Wildman–Crippen MR) is 54.8 cm³/mol. The molecule has 0 saturated heterocycles. The lowest BCUT2D eigenvalue weighted by molar-refractivity contribution is -0.108. The number of hydrogen-bond acceptors (Lipinski definition) is 2. The van der Waals surface area contributed by atoms with Crippen molar-refractivity contribution in [1.29, 1.82) is 0 Å². The molecule has 0 fully saturated rings. The summed E-state index contributed by atoms with van der Waals surface area (Å²) in [6.45, 7) is 0.829. The standard InChI is InChI=1S/C12H12O2/c13-9-5-11-14-10-4-8-12-6-2-1-3-7-12/h1-3,6-7,9H,5,10-11H2. The number of rotatable bonds is 4. The van der Waals surface area contributed by atoms with E-state index in [-0.39, 0.29) is 0 Å². The highest BCUT2D eigenvalue weighted by Crippen LogP contribution is 1.94. The largest absolute Gasteiger partial charge is 0.368 e. The average molecular weight is 188 g/mol. The molecule has 0 unspecified atom stereocenters. The van der Waals surface area contributed by atoms with Gasteiger partial charge in [-0.1, -0.05) is 30.0 Å². The molecule has 0 aliphatic carbocycles. The molecule has 14 heavy (non-hydrogen) atoms. The van der Waals surface area contributed by atoms with Gasteiger partial charge in [-0.25, -0.2) is 0 Å². The lowest BCUT2D eigenvalue weighted by Crippen LogP contribution is -1.94. The molecule has 1 aromatic carbocycles. The van der Waals surface area contributed by atoms with Crippen LogP contribution in [0.15, 0.2) is 30.3 Å². The molecule has 72 valence electrons. The van der Waals surface area contributed by atoms with Crippen LogP contribution in [0.25, 0.3) is 0 Å². The maximum Gasteiger partial charge on any atom is 0.122 e. The summed E-state index contributed by atoms with van der Waals surface area (Å²) in [6, 6.07) is 9.72. The Morgan fingerprint density at radius 2 is 2.07 bits per heavy atom. The zero-order valence-corrected chi connectivity index (χ0v) is 7.90. The van der Waals surface area contributed by atoms with Crippen LogP contribution >= 0.6 is 0 Å². The minimum Gasteiger partial charge on any atom is -0.368 e. The van der Waals surface area contributed by atoms with Crippen LogP contribution in [0.1, 0.15) is 12.0 Å². The van der Waals surface area contributed by atoms with Crippen LogP contribution in [-0.2, 0) is 9.53 Å². The van der Waals surface area contributed by atoms with E-state index in [1.54, 1.807) is 0 Å². The second kappa shape index (κ2) is 6.88. The van der Waals surface area contributed by atoms with Crippen LogP contribution in [0.5, 0.6) is 0 Å². The van der Waals surface area contributed by atoms with Gasteiger partial charge in [-0.05, 0) is 12.1 Å². The first-order chi connectivity index (χ1) is 6.93. The zero-order valence-electron chi connectivity index (χ0n) is 7.90. The Labute approximate surface area is 83.9 Å². The van der Waals surface area contributed by atoms with E-state index < -0.39 is 0 Å². The van der Waals surface area contributed by atoms with Crippen molar-refractivity contribution < 1.29 is 9.53 Å². The summed E-state index contributed by atoms with van der Waals surface area (Å²) in [7, 11) is 0. The van der Waals surface area contributed by atoms with E-state index in [2.05, 4.69) is 11.8 Å². The number of hydrogen-bond donors (Lipinski definition) is 0. The summed E-state index contributed by atoms with van der Waals surface area (Å²) >= 11 is 0. The topological polar surface area (TPSA) is 26.3 Å². The monoisotopic (exact) mass is 188 g/mol. The van der Waals surface area contributed by atoms with Crippen molar-refractivity contribution in [1.82, 2.24) is 0 Å². The summed E-state index contributed by atoms with van der Waals surface area (Å²) in [5.41, 5.74) is 0.978. The molecule has 0 aliphatic heterocycles. The van der Waals surface area contributed by atoms with Gasteiger partial charge in [-0.2, -0.15) is 0 Å². The molecule has 0 heterocycles. The van der Waals surface area contributed by atoms with Gasteiger partial charge in [0.25, 0.3) is 0 Å². The van der Waals surface area contributed by atoms with Crippen LogP contribution in [0.3, 0.4) is 0 Å². The Hall–Kier alpha value is -1.59. The molecule has 0 atom stereocenters. The van der Waals surface area contributed by atoms with Crippen molar-refractivity contribution >= 4 is 6.29 Å². The number of carbonyl (C=O) groups is 1. The summed E-state index contributed by atoms with van der Waals surface area (Å²) in [5, 5.41) is 0. The SMILES string of the molecule is O=CCCOCC#Cc1ccccc1. The molecule has 1 aromatic rings. The van der Waals surface area contributed by atoms with Gasteiger partial charge in [0.1, 0.15) is 12.9 Å². The maximum atomic E-state index is 9.94. The van der Waals surface area contributed by atoms with E-state index in [0.29, 0.717) is 19.6 Å². The van der Waals surface area contributed by atoms with E-state index in [1.165, 1.54) is 0 Å². The molecular formula is C12H12O2. The molecule has 0 saturated carbocycles. The second-order valence-electron chi connectivity index (χ2n) is 2.68. The molecule has 0 N–H and O–H groups in total. The number of carbonyl (C=O) groups excluding carboxylic acids is 1. The van der Waals surface area contributed by atoms with Crippen molar-refractivity contribution in [3.8, 4) is 11.8 Å². The van der Waals surface area contributed by atoms with Crippen LogP contribution in [-0.4, -0.2) is 19.5 Å². The predicted octanol–water partition coefficient (Wildman–Crippen LogP) is 1.64. The Bertz CT molecular complexity index is 319. The van der Waals surface area contributed by atoms with Gasteiger partial charge in [-0.3, -0.25) is 0 Å². The smallest absolute Gasteiger partial charge is 0.122 e. The van der Waals surface area contributed by atoms with Gasteiger partial charge in [0.2, 0.25) is 0 Å². The number of benzene rings is 1. The van der Waals surface area contributed by atoms with E-state index in [1.807, 2.05) is 30.3 Å². The third-order valence-corrected chi connectivity index (χ3v) is 1.56. The molecule has 0 radical (unpaired) electrons. The summed E-state index contributed by atoms with van der Waals surface area (Å²) in [5.74, 6) is 5.83. The van der Waals surface area contributed by atoms with Crippen LogP contribution in [0.4, 0.5) is 0 Å². The third kappa shape index (κ3) is 4.44. The summed E-state index contributed by atoms with van der Waals surface area (Å²) in [4.78, 5) is 9.94. The molecule has 1 rings (SSSR count). The van der Waals surface area contributed by atoms with Gasteiger partial charge in [0.15, 0.2) is 0 Å². The Balaban J connectivity index is 2.24. The van der Waals surface area contributed by atoms with Crippen molar-refractivity contribution in [2.24, 2.45) is 0 Å². The van der Waals surface area contributed by atoms with Crippen molar-refractivity contribution in [2.75, 3.05) is 13.2 Å². The highest BCUT2D eigenvalue weighted by Gasteiger charge is 1.83. The summed E-state index contributed by atoms with van der Waals surface area (Å²) in [6.07, 6.45) is 1.28. The van der Waals surface area contributed by atoms with Crippen LogP contribution < -0.4 is 0 Å². The first-order valence-corrected chi connectivity index (χ1v) is 4.49. The molecule has 0 bridgehead atoms. The fraction of sp³-hybridized carbons (Fsp3) is 0.250. The zero-order chi connectivity index (χ0) is 10.1. The van der Waals surface area contributed by atoms with Gasteiger partial charge >= 0.3 is 0 Å². The normalized spacial score (nSPS) is 8.86. The van der Waals surface area contributed by atoms with Crippen molar-refractivity contribution in [3.05, 3.63) is 35.9 Å². The number of aldehydes is 1. The van der Waals surface area contributed by atoms with Crippen LogP contribution in [0, 0.1) is 11.8 Å². The molecule has 0 amide bonds. The quantitative estimate of drug-likeness (QED) is 0.408. The lowest BCUT2D eigenvalue weighted by atomic mass is 10.2. The summed E-state index contributed by atoms with van der Waals surface area (Å²) < 4.78 is 5.09. The van der Waals surface area contributed by atoms with Crippen molar-refractivity contribution in [2.45, 2.75) is 6.42 Å². The minimum absolute atomic E-state index is 0.378. The lowest BCUT2D eigenvalue weighted by Gasteiger charge is -1.92. The Morgan fingerprint density at radius 1 is 1.29 bits per heavy atom. The van der Waals surface area contributed by atoms with Crippen molar-refractivity contribution in [3.63, 3.8) is 0 Å². The first-order valence-electron chi connectivity index (χ1n) is 4.49. The van der Waals surface area contributed by atoms with Gasteiger partial charge < -0.3 is 9.53 Å². The highest BCUT2D eigenvalue weighted by molar-refractivity contribution is 5.49. The maximum absolute atomic E-state index is 9.94. The fourth-order valence-electron chi connectivity index (χ4n) is 0.914. The fourth-order valence-corrected chi connectivity index (χ4v) is 0.914. The van der Waals surface area contributed by atoms with E-state index >= 15 is 0 Å². The van der Waals surface area contributed by atoms with Gasteiger partial charge in [0.05, 0.1) is 6.61 Å².